The van der Waals surface area contributed by atoms with Gasteiger partial charge in [-0.25, -0.2) is 0 Å². The van der Waals surface area contributed by atoms with Gasteiger partial charge in [-0.15, -0.1) is 0 Å². The van der Waals surface area contributed by atoms with Crippen molar-refractivity contribution >= 4 is 57.0 Å². The van der Waals surface area contributed by atoms with E-state index in [0.717, 1.165) is 28.1 Å². The monoisotopic (exact) mass is 490 g/mol. The van der Waals surface area contributed by atoms with Gasteiger partial charge >= 0.3 is 0 Å². The fraction of sp³-hybridized carbons (Fsp3) is 0.0400. The maximum Gasteiger partial charge on any atom is 0.293 e. The number of hydrogen-bond donors (Lipinski definition) is 0. The molecular formula is C25H15ClN2O5S. The number of hydrogen-bond acceptors (Lipinski definition) is 6. The highest BCUT2D eigenvalue weighted by atomic mass is 35.5. The van der Waals surface area contributed by atoms with E-state index < -0.39 is 10.8 Å². The second-order valence-corrected chi connectivity index (χ2v) is 8.93. The number of amides is 2. The third kappa shape index (κ3) is 4.09. The third-order valence-electron chi connectivity index (χ3n) is 5.41. The number of nitro groups is 1. The summed E-state index contributed by atoms with van der Waals surface area (Å²) in [4.78, 5) is 37.6. The number of thioether (sulfide) groups is 1. The Morgan fingerprint density at radius 3 is 2.65 bits per heavy atom. The van der Waals surface area contributed by atoms with E-state index in [1.54, 1.807) is 18.2 Å². The molecule has 0 spiro atoms. The van der Waals surface area contributed by atoms with E-state index >= 15 is 0 Å². The van der Waals surface area contributed by atoms with Crippen LogP contribution in [0.4, 0.5) is 10.5 Å². The van der Waals surface area contributed by atoms with Crippen molar-refractivity contribution in [1.82, 2.24) is 4.90 Å². The molecule has 9 heteroatoms. The Kier molecular flexibility index (Phi) is 5.69. The minimum atomic E-state index is -0.568. The molecule has 34 heavy (non-hydrogen) atoms. The van der Waals surface area contributed by atoms with Crippen molar-refractivity contribution < 1.29 is 18.9 Å². The number of nitro benzene ring substituents is 1. The second kappa shape index (κ2) is 8.81. The smallest absolute Gasteiger partial charge is 0.293 e. The molecule has 7 nitrogen and oxygen atoms in total. The lowest BCUT2D eigenvalue weighted by molar-refractivity contribution is -0.384. The van der Waals surface area contributed by atoms with E-state index in [1.165, 1.54) is 23.1 Å². The minimum Gasteiger partial charge on any atom is -0.457 e. The first-order valence-electron chi connectivity index (χ1n) is 10.2. The van der Waals surface area contributed by atoms with E-state index in [4.69, 9.17) is 16.0 Å². The summed E-state index contributed by atoms with van der Waals surface area (Å²) in [6.45, 7) is 0.168. The van der Waals surface area contributed by atoms with Crippen molar-refractivity contribution in [3.63, 3.8) is 0 Å². The Labute approximate surface area is 202 Å². The lowest BCUT2D eigenvalue weighted by atomic mass is 10.0. The number of carbonyl (C=O) groups is 2. The summed E-state index contributed by atoms with van der Waals surface area (Å²) in [5.41, 5.74) is 1.12. The van der Waals surface area contributed by atoms with Crippen LogP contribution in [0.25, 0.3) is 28.2 Å². The van der Waals surface area contributed by atoms with Crippen molar-refractivity contribution in [3.8, 4) is 11.3 Å². The maximum absolute atomic E-state index is 13.0. The third-order valence-corrected chi connectivity index (χ3v) is 6.64. The molecule has 2 heterocycles. The van der Waals surface area contributed by atoms with Crippen LogP contribution in [0.15, 0.2) is 82.1 Å². The van der Waals surface area contributed by atoms with Crippen molar-refractivity contribution in [2.75, 3.05) is 0 Å². The topological polar surface area (TPSA) is 93.7 Å². The average molecular weight is 491 g/mol. The van der Waals surface area contributed by atoms with Crippen LogP contribution in [0.3, 0.4) is 0 Å². The first kappa shape index (κ1) is 21.9. The minimum absolute atomic E-state index is 0.0281. The number of nitrogens with zero attached hydrogens (tertiary/aromatic N) is 2. The fourth-order valence-corrected chi connectivity index (χ4v) is 4.76. The van der Waals surface area contributed by atoms with Gasteiger partial charge in [0.25, 0.3) is 16.8 Å². The van der Waals surface area contributed by atoms with Gasteiger partial charge in [0.15, 0.2) is 0 Å². The predicted molar refractivity (Wildman–Crippen MR) is 131 cm³/mol. The molecule has 4 aromatic rings. The molecule has 3 aromatic carbocycles. The molecule has 0 atom stereocenters. The maximum atomic E-state index is 13.0. The molecule has 1 aliphatic heterocycles. The molecular weight excluding hydrogens is 476 g/mol. The highest BCUT2D eigenvalue weighted by Crippen LogP contribution is 2.36. The van der Waals surface area contributed by atoms with Gasteiger partial charge in [0.2, 0.25) is 0 Å². The van der Waals surface area contributed by atoms with Crippen LogP contribution in [0.2, 0.25) is 5.02 Å². The van der Waals surface area contributed by atoms with E-state index in [-0.39, 0.29) is 27.4 Å². The Bertz CT molecular complexity index is 1500. The largest absolute Gasteiger partial charge is 0.457 e. The summed E-state index contributed by atoms with van der Waals surface area (Å²) in [5, 5.41) is 12.8. The summed E-state index contributed by atoms with van der Waals surface area (Å²) in [7, 11) is 0. The number of benzene rings is 3. The molecule has 0 N–H and O–H groups in total. The number of imide groups is 1. The number of fused-ring (bicyclic) bond motifs is 1. The van der Waals surface area contributed by atoms with Crippen LogP contribution in [0.5, 0.6) is 0 Å². The van der Waals surface area contributed by atoms with Crippen LogP contribution in [0, 0.1) is 10.1 Å². The van der Waals surface area contributed by atoms with Crippen molar-refractivity contribution in [3.05, 3.63) is 104 Å². The summed E-state index contributed by atoms with van der Waals surface area (Å²) in [6.07, 6.45) is 1.50. The van der Waals surface area contributed by atoms with Gasteiger partial charge in [-0.3, -0.25) is 24.6 Å². The second-order valence-electron chi connectivity index (χ2n) is 7.53. The highest BCUT2D eigenvalue weighted by Gasteiger charge is 2.35. The van der Waals surface area contributed by atoms with E-state index in [0.29, 0.717) is 17.1 Å². The molecule has 0 bridgehead atoms. The standard InChI is InChI=1S/C25H15ClN2O5S/c26-20-10-8-16(12-21(20)28(31)32)22-11-9-18(33-22)13-23-24(29)27(25(30)34-23)14-17-6-3-5-15-4-1-2-7-19(15)17/h1-13H,14H2/b23-13-. The molecule has 2 amide bonds. The zero-order valence-corrected chi connectivity index (χ0v) is 19.0. The number of furan rings is 1. The predicted octanol–water partition coefficient (Wildman–Crippen LogP) is 6.90. The Morgan fingerprint density at radius 1 is 1.03 bits per heavy atom. The molecule has 0 saturated carbocycles. The van der Waals surface area contributed by atoms with Gasteiger partial charge in [0.1, 0.15) is 16.5 Å². The lowest BCUT2D eigenvalue weighted by Crippen LogP contribution is -2.27. The zero-order chi connectivity index (χ0) is 23.8. The first-order chi connectivity index (χ1) is 16.4. The normalized spacial score (nSPS) is 15.0. The SMILES string of the molecule is O=C1S/C(=C\c2ccc(-c3ccc(Cl)c([N+](=O)[O-])c3)o2)C(=O)N1Cc1cccc2ccccc12. The molecule has 1 saturated heterocycles. The van der Waals surface area contributed by atoms with E-state index in [2.05, 4.69) is 0 Å². The summed E-state index contributed by atoms with van der Waals surface area (Å²) >= 11 is 6.72. The molecule has 5 rings (SSSR count). The van der Waals surface area contributed by atoms with E-state index in [1.807, 2.05) is 42.5 Å². The van der Waals surface area contributed by atoms with Crippen LogP contribution in [0.1, 0.15) is 11.3 Å². The molecule has 0 unspecified atom stereocenters. The number of rotatable bonds is 5. The fourth-order valence-electron chi connectivity index (χ4n) is 3.76. The van der Waals surface area contributed by atoms with Crippen LogP contribution in [-0.4, -0.2) is 21.0 Å². The van der Waals surface area contributed by atoms with Gasteiger partial charge in [-0.2, -0.15) is 0 Å². The van der Waals surface area contributed by atoms with Gasteiger partial charge in [0.05, 0.1) is 16.4 Å². The van der Waals surface area contributed by atoms with Crippen LogP contribution >= 0.6 is 23.4 Å². The molecule has 0 aliphatic carbocycles. The van der Waals surface area contributed by atoms with Crippen molar-refractivity contribution in [1.29, 1.82) is 0 Å². The van der Waals surface area contributed by atoms with Crippen molar-refractivity contribution in [2.45, 2.75) is 6.54 Å². The first-order valence-corrected chi connectivity index (χ1v) is 11.4. The molecule has 0 radical (unpaired) electrons. The molecule has 1 aliphatic rings. The molecule has 1 aromatic heterocycles. The van der Waals surface area contributed by atoms with Gasteiger partial charge in [-0.05, 0) is 52.4 Å². The zero-order valence-electron chi connectivity index (χ0n) is 17.4. The summed E-state index contributed by atoms with van der Waals surface area (Å²) < 4.78 is 5.76. The van der Waals surface area contributed by atoms with E-state index in [9.17, 15) is 19.7 Å². The average Bonchev–Trinajstić information content (AvgIpc) is 3.39. The summed E-state index contributed by atoms with van der Waals surface area (Å²) in [6, 6.07) is 21.2. The van der Waals surface area contributed by atoms with Crippen LogP contribution < -0.4 is 0 Å². The molecule has 168 valence electrons. The van der Waals surface area contributed by atoms with Gasteiger partial charge in [-0.1, -0.05) is 54.1 Å². The quantitative estimate of drug-likeness (QED) is 0.171. The van der Waals surface area contributed by atoms with Crippen molar-refractivity contribution in [2.24, 2.45) is 0 Å². The van der Waals surface area contributed by atoms with Gasteiger partial charge < -0.3 is 4.42 Å². The Hall–Kier alpha value is -3.88. The molecule has 1 fully saturated rings. The number of carbonyl (C=O) groups excluding carboxylic acids is 2. The Balaban J connectivity index is 1.39. The lowest BCUT2D eigenvalue weighted by Gasteiger charge is -2.14. The number of halogens is 1. The van der Waals surface area contributed by atoms with Crippen LogP contribution in [-0.2, 0) is 11.3 Å². The van der Waals surface area contributed by atoms with Gasteiger partial charge in [0, 0.05) is 17.7 Å². The highest BCUT2D eigenvalue weighted by molar-refractivity contribution is 8.18. The Morgan fingerprint density at radius 2 is 1.82 bits per heavy atom. The summed E-state index contributed by atoms with van der Waals surface area (Å²) in [5.74, 6) is 0.326.